The number of nitrogens with zero attached hydrogens (tertiary/aromatic N) is 1. The first-order chi connectivity index (χ1) is 14.3. The molecule has 2 aromatic carbocycles. The van der Waals surface area contributed by atoms with E-state index in [2.05, 4.69) is 5.32 Å². The average molecular weight is 433 g/mol. The van der Waals surface area contributed by atoms with Crippen LogP contribution >= 0.6 is 11.6 Å². The third kappa shape index (κ3) is 4.39. The summed E-state index contributed by atoms with van der Waals surface area (Å²) in [5.74, 6) is -1.57. The number of ether oxygens (including phenoxy) is 2. The molecule has 1 amide bonds. The lowest BCUT2D eigenvalue weighted by Gasteiger charge is -2.08. The van der Waals surface area contributed by atoms with Crippen molar-refractivity contribution in [1.82, 2.24) is 0 Å². The maximum Gasteiger partial charge on any atom is 0.351 e. The minimum Gasteiger partial charge on any atom is -0.493 e. The maximum absolute atomic E-state index is 12.2. The van der Waals surface area contributed by atoms with Crippen molar-refractivity contribution < 1.29 is 28.4 Å². The van der Waals surface area contributed by atoms with E-state index >= 15 is 0 Å². The van der Waals surface area contributed by atoms with Crippen LogP contribution in [0.1, 0.15) is 10.4 Å². The van der Waals surface area contributed by atoms with Crippen LogP contribution in [0.2, 0.25) is 5.02 Å². The zero-order valence-electron chi connectivity index (χ0n) is 15.3. The topological polar surface area (TPSA) is 138 Å². The van der Waals surface area contributed by atoms with E-state index in [0.29, 0.717) is 11.1 Å². The van der Waals surface area contributed by atoms with Gasteiger partial charge in [0.1, 0.15) is 5.56 Å². The van der Waals surface area contributed by atoms with Gasteiger partial charge in [0.05, 0.1) is 22.7 Å². The zero-order chi connectivity index (χ0) is 21.8. The minimum absolute atomic E-state index is 0.0239. The maximum atomic E-state index is 12.2. The van der Waals surface area contributed by atoms with E-state index < -0.39 is 34.6 Å². The molecule has 0 bridgehead atoms. The number of carbonyl (C=O) groups excluding carboxylic acids is 2. The number of para-hydroxylation sites is 1. The number of hydrogen-bond acceptors (Lipinski definition) is 8. The second-order valence-electron chi connectivity index (χ2n) is 5.87. The molecule has 1 heterocycles. The van der Waals surface area contributed by atoms with E-state index in [9.17, 15) is 24.5 Å². The number of esters is 1. The molecule has 1 aromatic heterocycles. The van der Waals surface area contributed by atoms with Gasteiger partial charge in [-0.1, -0.05) is 23.7 Å². The first kappa shape index (κ1) is 20.8. The summed E-state index contributed by atoms with van der Waals surface area (Å²) in [4.78, 5) is 46.5. The number of non-ortho nitro benzene ring substituents is 1. The van der Waals surface area contributed by atoms with Crippen molar-refractivity contribution in [3.05, 3.63) is 73.6 Å². The zero-order valence-corrected chi connectivity index (χ0v) is 16.1. The Morgan fingerprint density at radius 1 is 1.23 bits per heavy atom. The Labute approximate surface area is 173 Å². The van der Waals surface area contributed by atoms with Crippen molar-refractivity contribution in [2.24, 2.45) is 0 Å². The summed E-state index contributed by atoms with van der Waals surface area (Å²) in [5, 5.41) is 13.6. The van der Waals surface area contributed by atoms with Crippen LogP contribution in [0.15, 0.2) is 51.7 Å². The Morgan fingerprint density at radius 3 is 2.70 bits per heavy atom. The first-order valence-corrected chi connectivity index (χ1v) is 8.69. The molecule has 1 N–H and O–H groups in total. The Bertz CT molecular complexity index is 1220. The highest BCUT2D eigenvalue weighted by Gasteiger charge is 2.19. The fraction of sp³-hybridized carbons (Fsp3) is 0.105. The quantitative estimate of drug-likeness (QED) is 0.271. The molecule has 0 atom stereocenters. The number of carbonyl (C=O) groups is 2. The molecular weight excluding hydrogens is 420 g/mol. The van der Waals surface area contributed by atoms with Crippen LogP contribution in [0.25, 0.3) is 11.0 Å². The Kier molecular flexibility index (Phi) is 5.98. The summed E-state index contributed by atoms with van der Waals surface area (Å²) >= 11 is 5.90. The molecule has 0 aliphatic carbocycles. The Morgan fingerprint density at radius 2 is 2.00 bits per heavy atom. The van der Waals surface area contributed by atoms with Crippen molar-refractivity contribution >= 4 is 45.8 Å². The molecule has 0 saturated heterocycles. The molecular formula is C19H13ClN2O8. The number of methoxy groups -OCH3 is 1. The van der Waals surface area contributed by atoms with Crippen LogP contribution in [-0.2, 0) is 9.53 Å². The fourth-order valence-electron chi connectivity index (χ4n) is 2.54. The van der Waals surface area contributed by atoms with Crippen LogP contribution < -0.4 is 15.7 Å². The van der Waals surface area contributed by atoms with Gasteiger partial charge < -0.3 is 19.2 Å². The lowest BCUT2D eigenvalue weighted by atomic mass is 10.2. The molecule has 3 rings (SSSR count). The summed E-state index contributed by atoms with van der Waals surface area (Å²) in [5.41, 5.74) is -1.50. The van der Waals surface area contributed by atoms with Crippen LogP contribution in [-0.4, -0.2) is 30.5 Å². The molecule has 154 valence electrons. The van der Waals surface area contributed by atoms with Crippen LogP contribution in [0, 0.1) is 10.1 Å². The highest BCUT2D eigenvalue weighted by Crippen LogP contribution is 2.27. The van der Waals surface area contributed by atoms with Gasteiger partial charge in [-0.05, 0) is 18.2 Å². The second kappa shape index (κ2) is 8.62. The standard InChI is InChI=1S/C19H13ClN2O8/c1-28-15-4-2-3-10-7-12(19(25)30-17(10)15)18(24)29-9-16(23)21-14-8-11(22(26)27)5-6-13(14)20/h2-8H,9H2,1H3,(H,21,23). The number of benzene rings is 2. The van der Waals surface area contributed by atoms with Crippen LogP contribution in [0.4, 0.5) is 11.4 Å². The molecule has 0 radical (unpaired) electrons. The molecule has 3 aromatic rings. The third-order valence-corrected chi connectivity index (χ3v) is 4.26. The smallest absolute Gasteiger partial charge is 0.351 e. The largest absolute Gasteiger partial charge is 0.493 e. The lowest BCUT2D eigenvalue weighted by molar-refractivity contribution is -0.384. The van der Waals surface area contributed by atoms with Gasteiger partial charge in [0.2, 0.25) is 0 Å². The second-order valence-corrected chi connectivity index (χ2v) is 6.28. The highest BCUT2D eigenvalue weighted by molar-refractivity contribution is 6.33. The highest BCUT2D eigenvalue weighted by atomic mass is 35.5. The van der Waals surface area contributed by atoms with Gasteiger partial charge in [0.25, 0.3) is 11.6 Å². The normalized spacial score (nSPS) is 10.5. The number of nitro benzene ring substituents is 1. The Balaban J connectivity index is 1.72. The molecule has 0 fully saturated rings. The van der Waals surface area contributed by atoms with Crippen molar-refractivity contribution in [3.8, 4) is 5.75 Å². The van der Waals surface area contributed by atoms with E-state index in [-0.39, 0.29) is 22.0 Å². The van der Waals surface area contributed by atoms with Gasteiger partial charge >= 0.3 is 11.6 Å². The van der Waals surface area contributed by atoms with Crippen LogP contribution in [0.3, 0.4) is 0 Å². The molecule has 0 aliphatic heterocycles. The summed E-state index contributed by atoms with van der Waals surface area (Å²) < 4.78 is 15.1. The molecule has 30 heavy (non-hydrogen) atoms. The van der Waals surface area contributed by atoms with E-state index in [1.165, 1.54) is 25.3 Å². The predicted octanol–water partition coefficient (Wildman–Crippen LogP) is 3.16. The molecule has 10 nitrogen and oxygen atoms in total. The van der Waals surface area contributed by atoms with Crippen molar-refractivity contribution in [2.45, 2.75) is 0 Å². The summed E-state index contributed by atoms with van der Waals surface area (Å²) in [6.45, 7) is -0.757. The number of fused-ring (bicyclic) bond motifs is 1. The number of nitro groups is 1. The van der Waals surface area contributed by atoms with Gasteiger partial charge in [0, 0.05) is 17.5 Å². The van der Waals surface area contributed by atoms with Crippen molar-refractivity contribution in [1.29, 1.82) is 0 Å². The van der Waals surface area contributed by atoms with Gasteiger partial charge in [-0.2, -0.15) is 0 Å². The minimum atomic E-state index is -1.08. The number of hydrogen-bond donors (Lipinski definition) is 1. The number of anilines is 1. The summed E-state index contributed by atoms with van der Waals surface area (Å²) in [7, 11) is 1.41. The van der Waals surface area contributed by atoms with E-state index in [4.69, 9.17) is 25.5 Å². The number of rotatable bonds is 6. The summed E-state index contributed by atoms with van der Waals surface area (Å²) in [6.07, 6.45) is 0. The van der Waals surface area contributed by atoms with Gasteiger partial charge in [-0.3, -0.25) is 14.9 Å². The SMILES string of the molecule is COc1cccc2cc(C(=O)OCC(=O)Nc3cc([N+](=O)[O-])ccc3Cl)c(=O)oc12. The Hall–Kier alpha value is -3.92. The average Bonchev–Trinajstić information content (AvgIpc) is 2.72. The van der Waals surface area contributed by atoms with Gasteiger partial charge in [-0.15, -0.1) is 0 Å². The molecule has 0 spiro atoms. The molecule has 0 aliphatic rings. The number of amides is 1. The van der Waals surface area contributed by atoms with E-state index in [1.807, 2.05) is 0 Å². The third-order valence-electron chi connectivity index (χ3n) is 3.93. The van der Waals surface area contributed by atoms with E-state index in [1.54, 1.807) is 18.2 Å². The van der Waals surface area contributed by atoms with Crippen molar-refractivity contribution in [3.63, 3.8) is 0 Å². The monoisotopic (exact) mass is 432 g/mol. The predicted molar refractivity (Wildman–Crippen MR) is 106 cm³/mol. The first-order valence-electron chi connectivity index (χ1n) is 8.32. The molecule has 0 unspecified atom stereocenters. The molecule has 0 saturated carbocycles. The fourth-order valence-corrected chi connectivity index (χ4v) is 2.70. The summed E-state index contributed by atoms with van der Waals surface area (Å²) in [6, 6.07) is 9.59. The lowest BCUT2D eigenvalue weighted by Crippen LogP contribution is -2.23. The number of halogens is 1. The van der Waals surface area contributed by atoms with Crippen molar-refractivity contribution in [2.75, 3.05) is 19.0 Å². The van der Waals surface area contributed by atoms with E-state index in [0.717, 1.165) is 6.07 Å². The van der Waals surface area contributed by atoms with Gasteiger partial charge in [0.15, 0.2) is 17.9 Å². The number of nitrogens with one attached hydrogen (secondary N) is 1. The van der Waals surface area contributed by atoms with Gasteiger partial charge in [-0.25, -0.2) is 9.59 Å². The van der Waals surface area contributed by atoms with Crippen LogP contribution in [0.5, 0.6) is 5.75 Å². The molecule has 11 heteroatoms.